The third-order valence-corrected chi connectivity index (χ3v) is 3.63. The molecule has 0 saturated heterocycles. The maximum Gasteiger partial charge on any atom is 0.272 e. The number of rotatable bonds is 5. The van der Waals surface area contributed by atoms with E-state index in [0.29, 0.717) is 5.56 Å². The standard InChI is InChI=1S/C13H15N3O2S.ClH/c1-3-14-7-13-15-11(8-19-13)10-5-4-9(2)12(6-10)16(17)18;/h4-6,8,14H,3,7H2,1-2H3;1H. The van der Waals surface area contributed by atoms with E-state index in [2.05, 4.69) is 10.3 Å². The number of nitro benzene ring substituents is 1. The van der Waals surface area contributed by atoms with Gasteiger partial charge in [-0.3, -0.25) is 10.1 Å². The molecule has 5 nitrogen and oxygen atoms in total. The van der Waals surface area contributed by atoms with Crippen LogP contribution in [-0.4, -0.2) is 16.5 Å². The van der Waals surface area contributed by atoms with Gasteiger partial charge in [-0.25, -0.2) is 4.98 Å². The Labute approximate surface area is 127 Å². The van der Waals surface area contributed by atoms with Crippen LogP contribution < -0.4 is 5.32 Å². The summed E-state index contributed by atoms with van der Waals surface area (Å²) in [5, 5.41) is 17.1. The van der Waals surface area contributed by atoms with Gasteiger partial charge in [0.05, 0.1) is 10.6 Å². The lowest BCUT2D eigenvalue weighted by Gasteiger charge is -2.00. The second-order valence-corrected chi connectivity index (χ2v) is 5.11. The molecule has 108 valence electrons. The van der Waals surface area contributed by atoms with E-state index in [9.17, 15) is 10.1 Å². The molecule has 0 aliphatic carbocycles. The molecule has 0 atom stereocenters. The lowest BCUT2D eigenvalue weighted by molar-refractivity contribution is -0.385. The van der Waals surface area contributed by atoms with Crippen LogP contribution >= 0.6 is 23.7 Å². The number of hydrogen-bond donors (Lipinski definition) is 1. The zero-order valence-corrected chi connectivity index (χ0v) is 12.9. The van der Waals surface area contributed by atoms with Gasteiger partial charge in [0.2, 0.25) is 0 Å². The highest BCUT2D eigenvalue weighted by atomic mass is 35.5. The van der Waals surface area contributed by atoms with Gasteiger partial charge in [0, 0.05) is 29.1 Å². The summed E-state index contributed by atoms with van der Waals surface area (Å²) in [6.07, 6.45) is 0. The number of halogens is 1. The van der Waals surface area contributed by atoms with Gasteiger partial charge in [-0.1, -0.05) is 19.1 Å². The first kappa shape index (κ1) is 16.6. The van der Waals surface area contributed by atoms with Gasteiger partial charge < -0.3 is 5.32 Å². The Hall–Kier alpha value is -1.50. The second-order valence-electron chi connectivity index (χ2n) is 4.17. The predicted octanol–water partition coefficient (Wildman–Crippen LogP) is 3.56. The smallest absolute Gasteiger partial charge is 0.272 e. The van der Waals surface area contributed by atoms with Crippen LogP contribution in [0.2, 0.25) is 0 Å². The van der Waals surface area contributed by atoms with Gasteiger partial charge in [-0.15, -0.1) is 23.7 Å². The topological polar surface area (TPSA) is 68.1 Å². The van der Waals surface area contributed by atoms with Crippen molar-refractivity contribution >= 4 is 29.4 Å². The SMILES string of the molecule is CCNCc1nc(-c2ccc(C)c([N+](=O)[O-])c2)cs1.Cl. The molecule has 1 aromatic carbocycles. The van der Waals surface area contributed by atoms with Gasteiger partial charge in [-0.05, 0) is 13.5 Å². The average molecular weight is 314 g/mol. The molecule has 0 unspecified atom stereocenters. The first-order valence-electron chi connectivity index (χ1n) is 6.02. The van der Waals surface area contributed by atoms with Crippen molar-refractivity contribution in [3.05, 3.63) is 44.3 Å². The summed E-state index contributed by atoms with van der Waals surface area (Å²) in [5.74, 6) is 0. The van der Waals surface area contributed by atoms with E-state index in [1.807, 2.05) is 18.4 Å². The van der Waals surface area contributed by atoms with Crippen molar-refractivity contribution in [2.75, 3.05) is 6.54 Å². The van der Waals surface area contributed by atoms with Crippen LogP contribution in [-0.2, 0) is 6.54 Å². The molecule has 0 saturated carbocycles. The maximum atomic E-state index is 10.9. The fourth-order valence-electron chi connectivity index (χ4n) is 1.72. The van der Waals surface area contributed by atoms with Gasteiger partial charge >= 0.3 is 0 Å². The molecular weight excluding hydrogens is 298 g/mol. The molecule has 7 heteroatoms. The van der Waals surface area contributed by atoms with Crippen LogP contribution in [0.25, 0.3) is 11.3 Å². The largest absolute Gasteiger partial charge is 0.311 e. The Morgan fingerprint density at radius 2 is 2.20 bits per heavy atom. The molecule has 0 aliphatic heterocycles. The van der Waals surface area contributed by atoms with Crippen LogP contribution in [0.5, 0.6) is 0 Å². The third-order valence-electron chi connectivity index (χ3n) is 2.78. The van der Waals surface area contributed by atoms with E-state index in [1.54, 1.807) is 30.4 Å². The highest BCUT2D eigenvalue weighted by Gasteiger charge is 2.13. The van der Waals surface area contributed by atoms with Crippen molar-refractivity contribution in [1.29, 1.82) is 0 Å². The van der Waals surface area contributed by atoms with Gasteiger partial charge in [0.1, 0.15) is 5.01 Å². The van der Waals surface area contributed by atoms with E-state index in [0.717, 1.165) is 29.4 Å². The molecule has 2 aromatic rings. The van der Waals surface area contributed by atoms with Gasteiger partial charge in [0.25, 0.3) is 5.69 Å². The summed E-state index contributed by atoms with van der Waals surface area (Å²) >= 11 is 1.56. The van der Waals surface area contributed by atoms with E-state index >= 15 is 0 Å². The van der Waals surface area contributed by atoms with Gasteiger partial charge in [-0.2, -0.15) is 0 Å². The van der Waals surface area contributed by atoms with Crippen LogP contribution in [0.1, 0.15) is 17.5 Å². The first-order valence-corrected chi connectivity index (χ1v) is 6.90. The van der Waals surface area contributed by atoms with Crippen molar-refractivity contribution in [3.63, 3.8) is 0 Å². The van der Waals surface area contributed by atoms with E-state index in [-0.39, 0.29) is 23.0 Å². The zero-order chi connectivity index (χ0) is 13.8. The molecule has 0 amide bonds. The number of aromatic nitrogens is 1. The molecule has 2 rings (SSSR count). The lowest BCUT2D eigenvalue weighted by Crippen LogP contribution is -2.11. The summed E-state index contributed by atoms with van der Waals surface area (Å²) in [5.41, 5.74) is 2.38. The number of hydrogen-bond acceptors (Lipinski definition) is 5. The minimum absolute atomic E-state index is 0. The monoisotopic (exact) mass is 313 g/mol. The van der Waals surface area contributed by atoms with Crippen LogP contribution in [0.4, 0.5) is 5.69 Å². The summed E-state index contributed by atoms with van der Waals surface area (Å²) in [6, 6.07) is 5.21. The van der Waals surface area contributed by atoms with Crippen LogP contribution in [0.15, 0.2) is 23.6 Å². The molecule has 0 aliphatic rings. The van der Waals surface area contributed by atoms with Crippen molar-refractivity contribution < 1.29 is 4.92 Å². The number of nitro groups is 1. The van der Waals surface area contributed by atoms with Gasteiger partial charge in [0.15, 0.2) is 0 Å². The normalized spacial score (nSPS) is 10.1. The van der Waals surface area contributed by atoms with E-state index < -0.39 is 0 Å². The Kier molecular flexibility index (Phi) is 6.06. The highest BCUT2D eigenvalue weighted by molar-refractivity contribution is 7.09. The maximum absolute atomic E-state index is 10.9. The Bertz CT molecular complexity index is 601. The zero-order valence-electron chi connectivity index (χ0n) is 11.3. The number of thiazole rings is 1. The summed E-state index contributed by atoms with van der Waals surface area (Å²) < 4.78 is 0. The lowest BCUT2D eigenvalue weighted by atomic mass is 10.1. The molecule has 0 radical (unpaired) electrons. The van der Waals surface area contributed by atoms with Crippen LogP contribution in [0, 0.1) is 17.0 Å². The van der Waals surface area contributed by atoms with E-state index in [4.69, 9.17) is 0 Å². The summed E-state index contributed by atoms with van der Waals surface area (Å²) in [7, 11) is 0. The molecule has 1 heterocycles. The average Bonchev–Trinajstić information content (AvgIpc) is 2.85. The Morgan fingerprint density at radius 1 is 1.45 bits per heavy atom. The fraction of sp³-hybridized carbons (Fsp3) is 0.308. The number of aryl methyl sites for hydroxylation is 1. The molecule has 1 N–H and O–H groups in total. The van der Waals surface area contributed by atoms with Crippen LogP contribution in [0.3, 0.4) is 0 Å². The Morgan fingerprint density at radius 3 is 2.85 bits per heavy atom. The first-order chi connectivity index (χ1) is 9.11. The number of nitrogens with one attached hydrogen (secondary N) is 1. The van der Waals surface area contributed by atoms with Crippen molar-refractivity contribution in [2.24, 2.45) is 0 Å². The molecule has 0 fully saturated rings. The van der Waals surface area contributed by atoms with Crippen molar-refractivity contribution in [1.82, 2.24) is 10.3 Å². The molecule has 20 heavy (non-hydrogen) atoms. The molecule has 0 bridgehead atoms. The summed E-state index contributed by atoms with van der Waals surface area (Å²) in [4.78, 5) is 15.1. The summed E-state index contributed by atoms with van der Waals surface area (Å²) in [6.45, 7) is 5.40. The number of nitrogens with zero attached hydrogens (tertiary/aromatic N) is 2. The van der Waals surface area contributed by atoms with E-state index in [1.165, 1.54) is 0 Å². The molecule has 1 aromatic heterocycles. The van der Waals surface area contributed by atoms with Crippen molar-refractivity contribution in [3.8, 4) is 11.3 Å². The fourth-order valence-corrected chi connectivity index (χ4v) is 2.49. The number of benzene rings is 1. The second kappa shape index (κ2) is 7.33. The minimum atomic E-state index is -0.356. The van der Waals surface area contributed by atoms with Crippen molar-refractivity contribution in [2.45, 2.75) is 20.4 Å². The molecular formula is C13H16ClN3O2S. The minimum Gasteiger partial charge on any atom is -0.311 e. The Balaban J connectivity index is 0.00000200. The highest BCUT2D eigenvalue weighted by Crippen LogP contribution is 2.27. The predicted molar refractivity (Wildman–Crippen MR) is 83.6 cm³/mol. The quantitative estimate of drug-likeness (QED) is 0.677. The molecule has 0 spiro atoms. The third kappa shape index (κ3) is 3.75.